The molecular formula is C16H33N3O2. The Morgan fingerprint density at radius 3 is 2.57 bits per heavy atom. The van der Waals surface area contributed by atoms with Gasteiger partial charge in [-0.05, 0) is 26.7 Å². The summed E-state index contributed by atoms with van der Waals surface area (Å²) in [4.78, 5) is 4.56. The number of rotatable bonds is 8. The van der Waals surface area contributed by atoms with Gasteiger partial charge in [-0.3, -0.25) is 4.99 Å². The second kappa shape index (κ2) is 11.8. The minimum atomic E-state index is 0.246. The first-order valence-corrected chi connectivity index (χ1v) is 8.41. The van der Waals surface area contributed by atoms with Crippen molar-refractivity contribution in [2.75, 3.05) is 33.4 Å². The maximum Gasteiger partial charge on any atom is 0.191 e. The fourth-order valence-electron chi connectivity index (χ4n) is 2.63. The summed E-state index contributed by atoms with van der Waals surface area (Å²) in [6.45, 7) is 7.09. The quantitative estimate of drug-likeness (QED) is 0.312. The zero-order valence-corrected chi connectivity index (χ0v) is 14.0. The predicted octanol–water partition coefficient (Wildman–Crippen LogP) is 2.32. The minimum Gasteiger partial charge on any atom is -0.383 e. The van der Waals surface area contributed by atoms with Crippen molar-refractivity contribution in [2.45, 2.75) is 64.5 Å². The van der Waals surface area contributed by atoms with Crippen LogP contribution in [0.4, 0.5) is 0 Å². The van der Waals surface area contributed by atoms with Gasteiger partial charge in [-0.2, -0.15) is 0 Å². The molecule has 1 unspecified atom stereocenters. The van der Waals surface area contributed by atoms with Crippen LogP contribution in [-0.4, -0.2) is 51.5 Å². The van der Waals surface area contributed by atoms with Gasteiger partial charge in [0, 0.05) is 19.7 Å². The second-order valence-electron chi connectivity index (χ2n) is 5.75. The number of nitrogens with zero attached hydrogens (tertiary/aromatic N) is 1. The van der Waals surface area contributed by atoms with Crippen LogP contribution >= 0.6 is 0 Å². The Bertz CT molecular complexity index is 277. The monoisotopic (exact) mass is 299 g/mol. The molecule has 1 atom stereocenters. The smallest absolute Gasteiger partial charge is 0.191 e. The zero-order chi connectivity index (χ0) is 15.3. The molecule has 0 aliphatic heterocycles. The van der Waals surface area contributed by atoms with Gasteiger partial charge < -0.3 is 20.1 Å². The molecule has 1 aliphatic carbocycles. The molecule has 1 saturated carbocycles. The summed E-state index contributed by atoms with van der Waals surface area (Å²) in [5.41, 5.74) is 0. The highest BCUT2D eigenvalue weighted by Crippen LogP contribution is 2.19. The molecule has 0 aromatic rings. The first-order valence-electron chi connectivity index (χ1n) is 8.41. The lowest BCUT2D eigenvalue weighted by Gasteiger charge is -2.18. The largest absolute Gasteiger partial charge is 0.383 e. The van der Waals surface area contributed by atoms with Gasteiger partial charge in [0.25, 0.3) is 0 Å². The average Bonchev–Trinajstić information content (AvgIpc) is 2.72. The number of ether oxygens (including phenoxy) is 2. The highest BCUT2D eigenvalue weighted by molar-refractivity contribution is 5.80. The van der Waals surface area contributed by atoms with E-state index >= 15 is 0 Å². The van der Waals surface area contributed by atoms with Gasteiger partial charge in [-0.1, -0.05) is 25.7 Å². The summed E-state index contributed by atoms with van der Waals surface area (Å²) >= 11 is 0. The molecule has 0 radical (unpaired) electrons. The highest BCUT2D eigenvalue weighted by Gasteiger charge is 2.12. The number of aliphatic imine (C=N–C) groups is 1. The van der Waals surface area contributed by atoms with Gasteiger partial charge in [0.15, 0.2) is 5.96 Å². The minimum absolute atomic E-state index is 0.246. The molecule has 0 bridgehead atoms. The van der Waals surface area contributed by atoms with Crippen molar-refractivity contribution in [2.24, 2.45) is 4.99 Å². The van der Waals surface area contributed by atoms with E-state index in [1.165, 1.54) is 38.5 Å². The Kier molecular flexibility index (Phi) is 10.3. The van der Waals surface area contributed by atoms with E-state index in [2.05, 4.69) is 29.5 Å². The Hall–Kier alpha value is -0.810. The maximum atomic E-state index is 5.96. The van der Waals surface area contributed by atoms with Crippen molar-refractivity contribution in [3.8, 4) is 0 Å². The number of guanidine groups is 1. The maximum absolute atomic E-state index is 5.96. The van der Waals surface area contributed by atoms with E-state index in [0.717, 1.165) is 12.5 Å². The number of nitrogens with one attached hydrogen (secondary N) is 2. The van der Waals surface area contributed by atoms with Crippen LogP contribution < -0.4 is 10.6 Å². The van der Waals surface area contributed by atoms with Gasteiger partial charge >= 0.3 is 0 Å². The fourth-order valence-corrected chi connectivity index (χ4v) is 2.63. The van der Waals surface area contributed by atoms with Crippen molar-refractivity contribution >= 4 is 5.96 Å². The SMILES string of the molecule is CCNC(=NCCOC1CCCCCC1)NC(C)COC. The number of hydrogen-bond donors (Lipinski definition) is 2. The summed E-state index contributed by atoms with van der Waals surface area (Å²) in [6.07, 6.45) is 8.23. The number of methoxy groups -OCH3 is 1. The van der Waals surface area contributed by atoms with Crippen LogP contribution in [0.1, 0.15) is 52.4 Å². The molecule has 1 aliphatic rings. The molecule has 5 heteroatoms. The molecule has 0 heterocycles. The van der Waals surface area contributed by atoms with Crippen LogP contribution in [0.15, 0.2) is 4.99 Å². The molecule has 0 aromatic carbocycles. The molecule has 0 spiro atoms. The van der Waals surface area contributed by atoms with Crippen LogP contribution in [0.25, 0.3) is 0 Å². The van der Waals surface area contributed by atoms with Gasteiger partial charge in [-0.25, -0.2) is 0 Å². The Balaban J connectivity index is 2.25. The van der Waals surface area contributed by atoms with E-state index in [0.29, 0.717) is 25.9 Å². The van der Waals surface area contributed by atoms with Crippen molar-refractivity contribution in [3.05, 3.63) is 0 Å². The summed E-state index contributed by atoms with van der Waals surface area (Å²) in [6, 6.07) is 0.246. The van der Waals surface area contributed by atoms with Crippen molar-refractivity contribution in [1.29, 1.82) is 0 Å². The van der Waals surface area contributed by atoms with E-state index < -0.39 is 0 Å². The third-order valence-corrected chi connectivity index (χ3v) is 3.66. The first kappa shape index (κ1) is 18.2. The standard InChI is InChI=1S/C16H33N3O2/c1-4-17-16(19-14(2)13-20-3)18-11-12-21-15-9-7-5-6-8-10-15/h14-15H,4-13H2,1-3H3,(H2,17,18,19). The second-order valence-corrected chi connectivity index (χ2v) is 5.75. The molecular weight excluding hydrogens is 266 g/mol. The average molecular weight is 299 g/mol. The van der Waals surface area contributed by atoms with Crippen molar-refractivity contribution in [3.63, 3.8) is 0 Å². The van der Waals surface area contributed by atoms with E-state index in [1.54, 1.807) is 7.11 Å². The summed E-state index contributed by atoms with van der Waals surface area (Å²) < 4.78 is 11.1. The third-order valence-electron chi connectivity index (χ3n) is 3.66. The van der Waals surface area contributed by atoms with Crippen LogP contribution in [0.5, 0.6) is 0 Å². The molecule has 21 heavy (non-hydrogen) atoms. The van der Waals surface area contributed by atoms with E-state index in [-0.39, 0.29) is 6.04 Å². The van der Waals surface area contributed by atoms with E-state index in [4.69, 9.17) is 9.47 Å². The molecule has 5 nitrogen and oxygen atoms in total. The zero-order valence-electron chi connectivity index (χ0n) is 14.0. The summed E-state index contributed by atoms with van der Waals surface area (Å²) in [5, 5.41) is 6.57. The third kappa shape index (κ3) is 8.94. The van der Waals surface area contributed by atoms with Crippen LogP contribution in [0.3, 0.4) is 0 Å². The molecule has 124 valence electrons. The Morgan fingerprint density at radius 1 is 1.24 bits per heavy atom. The van der Waals surface area contributed by atoms with Gasteiger partial charge in [0.2, 0.25) is 0 Å². The van der Waals surface area contributed by atoms with Crippen molar-refractivity contribution in [1.82, 2.24) is 10.6 Å². The summed E-state index contributed by atoms with van der Waals surface area (Å²) in [5.74, 6) is 0.839. The normalized spacial score (nSPS) is 19.1. The lowest BCUT2D eigenvalue weighted by molar-refractivity contribution is 0.0487. The lowest BCUT2D eigenvalue weighted by Crippen LogP contribution is -2.44. The van der Waals surface area contributed by atoms with Crippen LogP contribution in [0.2, 0.25) is 0 Å². The Labute approximate surface area is 129 Å². The van der Waals surface area contributed by atoms with Gasteiger partial charge in [-0.15, -0.1) is 0 Å². The molecule has 0 aromatic heterocycles. The summed E-state index contributed by atoms with van der Waals surface area (Å²) in [7, 11) is 1.71. The lowest BCUT2D eigenvalue weighted by atomic mass is 10.1. The topological polar surface area (TPSA) is 54.9 Å². The van der Waals surface area contributed by atoms with E-state index in [1.807, 2.05) is 0 Å². The van der Waals surface area contributed by atoms with Gasteiger partial charge in [0.05, 0.1) is 25.9 Å². The molecule has 0 saturated heterocycles. The molecule has 1 rings (SSSR count). The van der Waals surface area contributed by atoms with Crippen LogP contribution in [-0.2, 0) is 9.47 Å². The first-order chi connectivity index (χ1) is 10.3. The molecule has 1 fully saturated rings. The molecule has 0 amide bonds. The van der Waals surface area contributed by atoms with Crippen molar-refractivity contribution < 1.29 is 9.47 Å². The Morgan fingerprint density at radius 2 is 1.95 bits per heavy atom. The van der Waals surface area contributed by atoms with Crippen LogP contribution in [0, 0.1) is 0 Å². The fraction of sp³-hybridized carbons (Fsp3) is 0.938. The predicted molar refractivity (Wildman–Crippen MR) is 87.9 cm³/mol. The molecule has 2 N–H and O–H groups in total. The van der Waals surface area contributed by atoms with Gasteiger partial charge in [0.1, 0.15) is 0 Å². The number of hydrogen-bond acceptors (Lipinski definition) is 3. The highest BCUT2D eigenvalue weighted by atomic mass is 16.5. The van der Waals surface area contributed by atoms with E-state index in [9.17, 15) is 0 Å².